The lowest BCUT2D eigenvalue weighted by Crippen LogP contribution is -2.60. The van der Waals surface area contributed by atoms with Crippen LogP contribution in [0.4, 0.5) is 0 Å². The van der Waals surface area contributed by atoms with Gasteiger partial charge in [0.05, 0.1) is 5.66 Å². The maximum atomic E-state index is 10.8. The van der Waals surface area contributed by atoms with Crippen LogP contribution in [0.5, 0.6) is 0 Å². The van der Waals surface area contributed by atoms with Gasteiger partial charge < -0.3 is 5.32 Å². The molecule has 1 atom stereocenters. The van der Waals surface area contributed by atoms with E-state index in [1.165, 1.54) is 0 Å². The molecule has 1 aliphatic rings. The summed E-state index contributed by atoms with van der Waals surface area (Å²) in [6.07, 6.45) is 0. The van der Waals surface area contributed by atoms with Gasteiger partial charge in [0.15, 0.2) is 0 Å². The monoisotopic (exact) mass is 174 g/mol. The summed E-state index contributed by atoms with van der Waals surface area (Å²) < 4.78 is 0. The minimum Gasteiger partial charge on any atom is -0.338 e. The second kappa shape index (κ2) is 3.45. The lowest BCUT2D eigenvalue weighted by atomic mass is 10.2. The molecule has 0 aromatic rings. The molecule has 0 aromatic heterocycles. The van der Waals surface area contributed by atoms with Crippen LogP contribution in [0.1, 0.15) is 13.8 Å². The first-order valence-corrected chi connectivity index (χ1v) is 4.89. The number of hydrogen-bond acceptors (Lipinski definition) is 3. The van der Waals surface area contributed by atoms with Crippen LogP contribution in [-0.4, -0.2) is 29.6 Å². The summed E-state index contributed by atoms with van der Waals surface area (Å²) >= 11 is 1.87. The molecule has 2 N–H and O–H groups in total. The molecule has 1 saturated heterocycles. The van der Waals surface area contributed by atoms with Crippen molar-refractivity contribution in [2.75, 3.05) is 18.1 Å². The van der Waals surface area contributed by atoms with Gasteiger partial charge >= 0.3 is 0 Å². The first-order valence-electron chi connectivity index (χ1n) is 3.74. The largest absolute Gasteiger partial charge is 0.338 e. The smallest absolute Gasteiger partial charge is 0.218 e. The van der Waals surface area contributed by atoms with Crippen LogP contribution in [0.25, 0.3) is 0 Å². The summed E-state index contributed by atoms with van der Waals surface area (Å²) in [6.45, 7) is 4.54. The quantitative estimate of drug-likeness (QED) is 0.595. The minimum absolute atomic E-state index is 0.0301. The maximum absolute atomic E-state index is 10.8. The van der Waals surface area contributed by atoms with Crippen LogP contribution in [-0.2, 0) is 4.79 Å². The van der Waals surface area contributed by atoms with E-state index in [-0.39, 0.29) is 11.6 Å². The van der Waals surface area contributed by atoms with Crippen LogP contribution < -0.4 is 10.6 Å². The van der Waals surface area contributed by atoms with E-state index in [1.54, 1.807) is 6.92 Å². The van der Waals surface area contributed by atoms with Crippen molar-refractivity contribution in [3.63, 3.8) is 0 Å². The third-order valence-electron chi connectivity index (χ3n) is 1.60. The maximum Gasteiger partial charge on any atom is 0.218 e. The fraction of sp³-hybridized carbons (Fsp3) is 0.857. The molecule has 0 saturated carbocycles. The molecule has 1 rings (SSSR count). The van der Waals surface area contributed by atoms with Gasteiger partial charge in [-0.3, -0.25) is 10.1 Å². The molecule has 4 heteroatoms. The van der Waals surface area contributed by atoms with Gasteiger partial charge in [-0.15, -0.1) is 0 Å². The van der Waals surface area contributed by atoms with E-state index in [2.05, 4.69) is 10.6 Å². The highest BCUT2D eigenvalue weighted by molar-refractivity contribution is 7.99. The van der Waals surface area contributed by atoms with Crippen molar-refractivity contribution in [1.29, 1.82) is 0 Å². The van der Waals surface area contributed by atoms with Crippen molar-refractivity contribution in [2.45, 2.75) is 19.5 Å². The number of carbonyl (C=O) groups excluding carboxylic acids is 1. The normalized spacial score (nSPS) is 31.5. The zero-order valence-corrected chi connectivity index (χ0v) is 7.75. The fourth-order valence-electron chi connectivity index (χ4n) is 1.20. The summed E-state index contributed by atoms with van der Waals surface area (Å²) in [6, 6.07) is 0. The lowest BCUT2D eigenvalue weighted by Gasteiger charge is -2.34. The summed E-state index contributed by atoms with van der Waals surface area (Å²) in [7, 11) is 0. The molecule has 0 aliphatic carbocycles. The molecule has 0 radical (unpaired) electrons. The van der Waals surface area contributed by atoms with Crippen molar-refractivity contribution < 1.29 is 4.79 Å². The molecule has 1 fully saturated rings. The van der Waals surface area contributed by atoms with Gasteiger partial charge in [0.1, 0.15) is 0 Å². The Bertz CT molecular complexity index is 155. The second-order valence-electron chi connectivity index (χ2n) is 2.99. The summed E-state index contributed by atoms with van der Waals surface area (Å²) in [5.41, 5.74) is -0.186. The van der Waals surface area contributed by atoms with E-state index in [9.17, 15) is 4.79 Å². The average Bonchev–Trinajstić information content (AvgIpc) is 1.85. The molecule has 1 unspecified atom stereocenters. The van der Waals surface area contributed by atoms with Gasteiger partial charge in [0, 0.05) is 25.0 Å². The van der Waals surface area contributed by atoms with Crippen molar-refractivity contribution in [3.8, 4) is 0 Å². The van der Waals surface area contributed by atoms with E-state index in [0.29, 0.717) is 0 Å². The minimum atomic E-state index is -0.186. The lowest BCUT2D eigenvalue weighted by molar-refractivity contribution is -0.120. The van der Waals surface area contributed by atoms with Crippen LogP contribution in [0, 0.1) is 0 Å². The first kappa shape index (κ1) is 8.87. The van der Waals surface area contributed by atoms with E-state index < -0.39 is 0 Å². The zero-order valence-electron chi connectivity index (χ0n) is 6.94. The van der Waals surface area contributed by atoms with E-state index in [0.717, 1.165) is 18.1 Å². The molecule has 0 aromatic carbocycles. The van der Waals surface area contributed by atoms with Crippen molar-refractivity contribution in [3.05, 3.63) is 0 Å². The number of carbonyl (C=O) groups is 1. The highest BCUT2D eigenvalue weighted by Gasteiger charge is 2.26. The molecule has 11 heavy (non-hydrogen) atoms. The van der Waals surface area contributed by atoms with Gasteiger partial charge in [-0.25, -0.2) is 0 Å². The number of amides is 1. The Balaban J connectivity index is 2.43. The predicted octanol–water partition coefficient (Wildman–Crippen LogP) is 0.175. The average molecular weight is 174 g/mol. The van der Waals surface area contributed by atoms with Gasteiger partial charge in [0.25, 0.3) is 0 Å². The molecule has 0 spiro atoms. The van der Waals surface area contributed by atoms with E-state index >= 15 is 0 Å². The molecular weight excluding hydrogens is 160 g/mol. The SMILES string of the molecule is CC(=O)NC1(C)CSCCN1. The van der Waals surface area contributed by atoms with Gasteiger partial charge in [-0.2, -0.15) is 11.8 Å². The molecule has 1 aliphatic heterocycles. The molecule has 1 amide bonds. The molecule has 3 nitrogen and oxygen atoms in total. The predicted molar refractivity (Wildman–Crippen MR) is 47.5 cm³/mol. The van der Waals surface area contributed by atoms with Gasteiger partial charge in [-0.1, -0.05) is 0 Å². The van der Waals surface area contributed by atoms with Crippen LogP contribution in [0.2, 0.25) is 0 Å². The Morgan fingerprint density at radius 2 is 2.45 bits per heavy atom. The number of nitrogens with one attached hydrogen (secondary N) is 2. The fourth-order valence-corrected chi connectivity index (χ4v) is 2.17. The van der Waals surface area contributed by atoms with Gasteiger partial charge in [-0.05, 0) is 6.92 Å². The van der Waals surface area contributed by atoms with Crippen molar-refractivity contribution >= 4 is 17.7 Å². The highest BCUT2D eigenvalue weighted by Crippen LogP contribution is 2.14. The van der Waals surface area contributed by atoms with Gasteiger partial charge in [0.2, 0.25) is 5.91 Å². The summed E-state index contributed by atoms with van der Waals surface area (Å²) in [5, 5.41) is 6.16. The Kier molecular flexibility index (Phi) is 2.78. The molecule has 64 valence electrons. The standard InChI is InChI=1S/C7H14N2OS/c1-6(10)9-7(2)5-11-4-3-8-7/h8H,3-5H2,1-2H3,(H,9,10). The summed E-state index contributed by atoms with van der Waals surface area (Å²) in [5.74, 6) is 2.12. The summed E-state index contributed by atoms with van der Waals surface area (Å²) in [4.78, 5) is 10.8. The Labute approximate surface area is 71.3 Å². The Morgan fingerprint density at radius 1 is 1.73 bits per heavy atom. The van der Waals surface area contributed by atoms with Crippen LogP contribution in [0.15, 0.2) is 0 Å². The Morgan fingerprint density at radius 3 is 2.91 bits per heavy atom. The molecular formula is C7H14N2OS. The molecule has 0 bridgehead atoms. The highest BCUT2D eigenvalue weighted by atomic mass is 32.2. The number of thioether (sulfide) groups is 1. The first-order chi connectivity index (χ1) is 5.12. The Hall–Kier alpha value is -0.220. The number of rotatable bonds is 1. The van der Waals surface area contributed by atoms with Crippen LogP contribution >= 0.6 is 11.8 Å². The third-order valence-corrected chi connectivity index (χ3v) is 2.88. The number of hydrogen-bond donors (Lipinski definition) is 2. The van der Waals surface area contributed by atoms with Crippen molar-refractivity contribution in [1.82, 2.24) is 10.6 Å². The van der Waals surface area contributed by atoms with Crippen LogP contribution in [0.3, 0.4) is 0 Å². The second-order valence-corrected chi connectivity index (χ2v) is 4.10. The third kappa shape index (κ3) is 2.71. The van der Waals surface area contributed by atoms with E-state index in [4.69, 9.17) is 0 Å². The van der Waals surface area contributed by atoms with E-state index in [1.807, 2.05) is 18.7 Å². The topological polar surface area (TPSA) is 41.1 Å². The molecule has 1 heterocycles. The van der Waals surface area contributed by atoms with Crippen molar-refractivity contribution in [2.24, 2.45) is 0 Å². The zero-order chi connectivity index (χ0) is 8.32.